The molecular weight excluding hydrogens is 416 g/mol. The van der Waals surface area contributed by atoms with E-state index in [0.29, 0.717) is 34.7 Å². The fourth-order valence-electron chi connectivity index (χ4n) is 3.73. The van der Waals surface area contributed by atoms with Gasteiger partial charge in [-0.05, 0) is 24.8 Å². The third kappa shape index (κ3) is 4.11. The van der Waals surface area contributed by atoms with Gasteiger partial charge in [0.15, 0.2) is 5.58 Å². The Balaban J connectivity index is 1.81. The molecule has 29 heavy (non-hydrogen) atoms. The summed E-state index contributed by atoms with van der Waals surface area (Å²) in [5, 5.41) is 5.58. The Morgan fingerprint density at radius 2 is 2.31 bits per heavy atom. The minimum absolute atomic E-state index is 0.211. The number of nitrogens with zero attached hydrogens (tertiary/aromatic N) is 1. The fraction of sp³-hybridized carbons (Fsp3) is 0.381. The molecule has 1 saturated carbocycles. The first kappa shape index (κ1) is 20.1. The molecule has 0 aliphatic heterocycles. The maximum Gasteiger partial charge on any atom is 0.249 e. The number of nitrogens with one attached hydrogen (secondary N) is 1. The van der Waals surface area contributed by atoms with Gasteiger partial charge >= 0.3 is 0 Å². The topological polar surface area (TPSA) is 64.1 Å². The quantitative estimate of drug-likeness (QED) is 0.404. The van der Waals surface area contributed by atoms with Gasteiger partial charge in [-0.2, -0.15) is 0 Å². The van der Waals surface area contributed by atoms with Crippen LogP contribution in [-0.2, 0) is 6.54 Å². The molecule has 0 spiro atoms. The highest BCUT2D eigenvalue weighted by molar-refractivity contribution is 7.09. The van der Waals surface area contributed by atoms with Crippen molar-refractivity contribution in [1.82, 2.24) is 4.98 Å². The first-order valence-electron chi connectivity index (χ1n) is 9.33. The normalized spacial score (nSPS) is 21.0. The van der Waals surface area contributed by atoms with Crippen LogP contribution in [0.1, 0.15) is 48.3 Å². The van der Waals surface area contributed by atoms with Crippen LogP contribution in [0.4, 0.5) is 14.5 Å². The zero-order valence-electron chi connectivity index (χ0n) is 15.8. The molecule has 1 aliphatic rings. The van der Waals surface area contributed by atoms with Crippen molar-refractivity contribution in [1.29, 1.82) is 0 Å². The van der Waals surface area contributed by atoms with Crippen LogP contribution in [0.15, 0.2) is 28.0 Å². The van der Waals surface area contributed by atoms with Gasteiger partial charge in [-0.3, -0.25) is 0 Å². The van der Waals surface area contributed by atoms with Gasteiger partial charge in [0, 0.05) is 42.3 Å². The second-order valence-electron chi connectivity index (χ2n) is 7.19. The summed E-state index contributed by atoms with van der Waals surface area (Å²) in [7, 11) is 0. The summed E-state index contributed by atoms with van der Waals surface area (Å²) in [5.41, 5.74) is 8.27. The van der Waals surface area contributed by atoms with Crippen molar-refractivity contribution in [2.45, 2.75) is 50.6 Å². The Kier molecular flexibility index (Phi) is 5.52. The van der Waals surface area contributed by atoms with Crippen LogP contribution in [-0.4, -0.2) is 16.9 Å². The summed E-state index contributed by atoms with van der Waals surface area (Å²) in [6.07, 6.45) is -0.346. The zero-order valence-corrected chi connectivity index (χ0v) is 17.3. The van der Waals surface area contributed by atoms with Crippen LogP contribution >= 0.6 is 22.9 Å². The zero-order chi connectivity index (χ0) is 20.6. The van der Waals surface area contributed by atoms with E-state index in [0.717, 1.165) is 4.88 Å². The molecule has 0 unspecified atom stereocenters. The maximum absolute atomic E-state index is 14.1. The maximum atomic E-state index is 14.1. The number of rotatable bonds is 4. The van der Waals surface area contributed by atoms with Gasteiger partial charge < -0.3 is 15.5 Å². The Morgan fingerprint density at radius 1 is 1.48 bits per heavy atom. The second-order valence-corrected chi connectivity index (χ2v) is 8.61. The number of anilines is 1. The molecule has 1 fully saturated rings. The van der Waals surface area contributed by atoms with Crippen LogP contribution in [0, 0.1) is 11.8 Å². The monoisotopic (exact) mass is 435 g/mol. The highest BCUT2D eigenvalue weighted by Crippen LogP contribution is 2.45. The van der Waals surface area contributed by atoms with E-state index in [2.05, 4.69) is 22.1 Å². The molecule has 4 rings (SSSR count). The molecule has 3 aromatic rings. The van der Waals surface area contributed by atoms with E-state index >= 15 is 0 Å². The SMILES string of the molecule is CC#Cc1c([C@H]2CC(F)(F)CC[C@@H]2N)oc2c(NCc3cccs3)cc(Cl)nc12. The fourth-order valence-corrected chi connectivity index (χ4v) is 4.57. The minimum Gasteiger partial charge on any atom is -0.455 e. The highest BCUT2D eigenvalue weighted by Gasteiger charge is 2.43. The molecule has 152 valence electrons. The number of nitrogens with two attached hydrogens (primary N) is 1. The van der Waals surface area contributed by atoms with Crippen molar-refractivity contribution in [2.75, 3.05) is 5.32 Å². The third-order valence-electron chi connectivity index (χ3n) is 5.14. The molecule has 0 aromatic carbocycles. The molecule has 2 atom stereocenters. The summed E-state index contributed by atoms with van der Waals surface area (Å²) in [6, 6.07) is 5.23. The van der Waals surface area contributed by atoms with Crippen molar-refractivity contribution < 1.29 is 13.2 Å². The third-order valence-corrected chi connectivity index (χ3v) is 6.21. The number of thiophene rings is 1. The molecule has 8 heteroatoms. The lowest BCUT2D eigenvalue weighted by Crippen LogP contribution is -2.39. The Morgan fingerprint density at radius 3 is 3.03 bits per heavy atom. The largest absolute Gasteiger partial charge is 0.455 e. The first-order chi connectivity index (χ1) is 13.9. The number of aromatic nitrogens is 1. The Bertz CT molecular complexity index is 1080. The molecule has 3 N–H and O–H groups in total. The summed E-state index contributed by atoms with van der Waals surface area (Å²) >= 11 is 7.87. The molecule has 3 aromatic heterocycles. The van der Waals surface area contributed by atoms with Crippen LogP contribution in [0.2, 0.25) is 5.15 Å². The van der Waals surface area contributed by atoms with Crippen molar-refractivity contribution in [2.24, 2.45) is 5.73 Å². The highest BCUT2D eigenvalue weighted by atomic mass is 35.5. The van der Waals surface area contributed by atoms with Crippen molar-refractivity contribution in [3.8, 4) is 11.8 Å². The van der Waals surface area contributed by atoms with Gasteiger partial charge in [-0.1, -0.05) is 23.6 Å². The van der Waals surface area contributed by atoms with E-state index in [4.69, 9.17) is 21.8 Å². The number of pyridine rings is 1. The summed E-state index contributed by atoms with van der Waals surface area (Å²) in [6.45, 7) is 2.26. The molecule has 1 aliphatic carbocycles. The summed E-state index contributed by atoms with van der Waals surface area (Å²) in [4.78, 5) is 5.52. The van der Waals surface area contributed by atoms with Gasteiger partial charge in [-0.15, -0.1) is 17.3 Å². The molecule has 0 amide bonds. The number of fused-ring (bicyclic) bond motifs is 1. The van der Waals surface area contributed by atoms with Crippen LogP contribution in [0.25, 0.3) is 11.1 Å². The standard InChI is InChI=1S/C21H20ClF2N3OS/c1-2-4-13-18-20(28-19(13)14-10-21(23,24)7-6-15(14)25)16(9-17(22)27-18)26-11-12-5-3-8-29-12/h3,5,8-9,14-15H,6-7,10-11,25H2,1H3,(H,26,27)/t14-,15-/m0/s1. The first-order valence-corrected chi connectivity index (χ1v) is 10.6. The lowest BCUT2D eigenvalue weighted by molar-refractivity contribution is -0.0474. The van der Waals surface area contributed by atoms with E-state index in [1.807, 2.05) is 17.5 Å². The predicted molar refractivity (Wildman–Crippen MR) is 113 cm³/mol. The number of halogens is 3. The summed E-state index contributed by atoms with van der Waals surface area (Å²) < 4.78 is 34.4. The lowest BCUT2D eigenvalue weighted by atomic mass is 9.80. The number of furan rings is 1. The smallest absolute Gasteiger partial charge is 0.249 e. The summed E-state index contributed by atoms with van der Waals surface area (Å²) in [5.74, 6) is 2.77. The van der Waals surface area contributed by atoms with Gasteiger partial charge in [0.25, 0.3) is 0 Å². The molecular formula is C21H20ClF2N3OS. The van der Waals surface area contributed by atoms with Crippen LogP contribution in [0.5, 0.6) is 0 Å². The Labute approximate surface area is 176 Å². The van der Waals surface area contributed by atoms with Gasteiger partial charge in [0.2, 0.25) is 5.92 Å². The van der Waals surface area contributed by atoms with E-state index in [-0.39, 0.29) is 24.4 Å². The average molecular weight is 436 g/mol. The van der Waals surface area contributed by atoms with E-state index in [9.17, 15) is 8.78 Å². The van der Waals surface area contributed by atoms with Crippen molar-refractivity contribution in [3.63, 3.8) is 0 Å². The van der Waals surface area contributed by atoms with Crippen molar-refractivity contribution in [3.05, 3.63) is 44.9 Å². The average Bonchev–Trinajstić information content (AvgIpc) is 3.31. The van der Waals surface area contributed by atoms with Gasteiger partial charge in [0.1, 0.15) is 16.4 Å². The molecule has 0 saturated heterocycles. The van der Waals surface area contributed by atoms with Crippen LogP contribution < -0.4 is 11.1 Å². The van der Waals surface area contributed by atoms with Crippen LogP contribution in [0.3, 0.4) is 0 Å². The number of hydrogen-bond donors (Lipinski definition) is 2. The second kappa shape index (κ2) is 7.94. The van der Waals surface area contributed by atoms with E-state index < -0.39 is 17.9 Å². The predicted octanol–water partition coefficient (Wildman–Crippen LogP) is 5.76. The van der Waals surface area contributed by atoms with E-state index in [1.54, 1.807) is 24.3 Å². The van der Waals surface area contributed by atoms with E-state index in [1.165, 1.54) is 0 Å². The molecule has 0 radical (unpaired) electrons. The van der Waals surface area contributed by atoms with Crippen molar-refractivity contribution >= 4 is 39.7 Å². The van der Waals surface area contributed by atoms with Gasteiger partial charge in [-0.25, -0.2) is 13.8 Å². The number of hydrogen-bond acceptors (Lipinski definition) is 5. The number of alkyl halides is 2. The molecule has 3 heterocycles. The lowest BCUT2D eigenvalue weighted by Gasteiger charge is -2.32. The minimum atomic E-state index is -2.78. The Hall–Kier alpha value is -2.14. The molecule has 4 nitrogen and oxygen atoms in total. The van der Waals surface area contributed by atoms with Gasteiger partial charge in [0.05, 0.1) is 11.3 Å². The molecule has 0 bridgehead atoms.